The first-order chi connectivity index (χ1) is 16.8. The predicted octanol–water partition coefficient (Wildman–Crippen LogP) is 5.26. The number of nitrogens with zero attached hydrogens (tertiary/aromatic N) is 1. The van der Waals surface area contributed by atoms with Gasteiger partial charge in [-0.15, -0.1) is 0 Å². The second kappa shape index (κ2) is 10.1. The molecule has 178 valence electrons. The van der Waals surface area contributed by atoms with E-state index in [-0.39, 0.29) is 11.3 Å². The summed E-state index contributed by atoms with van der Waals surface area (Å²) in [6.07, 6.45) is 0. The Balaban J connectivity index is 1.87. The van der Waals surface area contributed by atoms with Crippen LogP contribution in [0.4, 0.5) is 5.69 Å². The molecule has 3 aromatic rings. The molecule has 1 N–H and O–H groups in total. The van der Waals surface area contributed by atoms with Gasteiger partial charge in [0.05, 0.1) is 30.9 Å². The number of aliphatic hydroxyl groups excluding tert-OH is 1. The minimum atomic E-state index is -0.908. The van der Waals surface area contributed by atoms with Gasteiger partial charge in [-0.05, 0) is 73.2 Å². The average molecular weight is 536 g/mol. The maximum Gasteiger partial charge on any atom is 0.337 e. The number of anilines is 1. The van der Waals surface area contributed by atoms with Gasteiger partial charge in [0.15, 0.2) is 0 Å². The number of halogens is 1. The molecule has 1 amide bonds. The van der Waals surface area contributed by atoms with Crippen molar-refractivity contribution in [3.63, 3.8) is 0 Å². The average Bonchev–Trinajstić information content (AvgIpc) is 3.14. The van der Waals surface area contributed by atoms with Crippen LogP contribution >= 0.6 is 15.9 Å². The van der Waals surface area contributed by atoms with Gasteiger partial charge in [0.1, 0.15) is 11.5 Å². The summed E-state index contributed by atoms with van der Waals surface area (Å²) in [6, 6.07) is 19.1. The number of aliphatic hydroxyl groups is 1. The number of carbonyl (C=O) groups is 3. The molecule has 1 heterocycles. The van der Waals surface area contributed by atoms with E-state index >= 15 is 0 Å². The minimum absolute atomic E-state index is 0.0482. The molecule has 8 heteroatoms. The lowest BCUT2D eigenvalue weighted by Crippen LogP contribution is -2.29. The lowest BCUT2D eigenvalue weighted by atomic mass is 9.94. The molecule has 0 aromatic heterocycles. The number of hydrogen-bond acceptors (Lipinski definition) is 6. The number of amides is 1. The van der Waals surface area contributed by atoms with Crippen molar-refractivity contribution in [2.24, 2.45) is 0 Å². The van der Waals surface area contributed by atoms with Crippen LogP contribution in [-0.2, 0) is 14.3 Å². The zero-order chi connectivity index (χ0) is 25.1. The van der Waals surface area contributed by atoms with Gasteiger partial charge in [0.2, 0.25) is 0 Å². The Morgan fingerprint density at radius 1 is 0.943 bits per heavy atom. The third-order valence-electron chi connectivity index (χ3n) is 5.64. The zero-order valence-corrected chi connectivity index (χ0v) is 20.6. The van der Waals surface area contributed by atoms with E-state index in [9.17, 15) is 19.5 Å². The quantitative estimate of drug-likeness (QED) is 0.200. The molecule has 0 bridgehead atoms. The highest BCUT2D eigenvalue weighted by molar-refractivity contribution is 9.10. The van der Waals surface area contributed by atoms with Crippen LogP contribution in [0.5, 0.6) is 5.75 Å². The second-order valence-corrected chi connectivity index (χ2v) is 8.63. The first-order valence-electron chi connectivity index (χ1n) is 10.8. The molecule has 0 aliphatic carbocycles. The Kier molecular flexibility index (Phi) is 7.02. The Hall–Kier alpha value is -3.91. The van der Waals surface area contributed by atoms with E-state index in [0.717, 1.165) is 4.47 Å². The van der Waals surface area contributed by atoms with E-state index in [0.29, 0.717) is 34.7 Å². The number of ketones is 1. The minimum Gasteiger partial charge on any atom is -0.507 e. The largest absolute Gasteiger partial charge is 0.507 e. The lowest BCUT2D eigenvalue weighted by Gasteiger charge is -2.25. The summed E-state index contributed by atoms with van der Waals surface area (Å²) in [6.45, 7) is 2.36. The molecule has 1 saturated heterocycles. The second-order valence-electron chi connectivity index (χ2n) is 7.72. The topological polar surface area (TPSA) is 93.1 Å². The van der Waals surface area contributed by atoms with Crippen molar-refractivity contribution < 1.29 is 29.0 Å². The van der Waals surface area contributed by atoms with Gasteiger partial charge < -0.3 is 14.6 Å². The van der Waals surface area contributed by atoms with Gasteiger partial charge in [-0.25, -0.2) is 4.79 Å². The highest BCUT2D eigenvalue weighted by Crippen LogP contribution is 2.42. The highest BCUT2D eigenvalue weighted by Gasteiger charge is 2.47. The Bertz CT molecular complexity index is 1300. The van der Waals surface area contributed by atoms with E-state index in [1.54, 1.807) is 72.8 Å². The van der Waals surface area contributed by atoms with E-state index < -0.39 is 23.7 Å². The van der Waals surface area contributed by atoms with Gasteiger partial charge >= 0.3 is 5.97 Å². The summed E-state index contributed by atoms with van der Waals surface area (Å²) in [5.74, 6) is -1.75. The monoisotopic (exact) mass is 535 g/mol. The van der Waals surface area contributed by atoms with Crippen molar-refractivity contribution >= 4 is 45.0 Å². The lowest BCUT2D eigenvalue weighted by molar-refractivity contribution is -0.132. The molecular formula is C27H22BrNO6. The fraction of sp³-hybridized carbons (Fsp3) is 0.148. The standard InChI is InChI=1S/C27H22BrNO6/c1-3-35-21-14-8-17(9-15-21)24(30)22-23(16-4-6-18(7-5-16)27(33)34-2)29(26(32)25(22)31)20-12-10-19(28)11-13-20/h4-15,23,30H,3H2,1-2H3/t23-/m1/s1. The van der Waals surface area contributed by atoms with Gasteiger partial charge in [-0.2, -0.15) is 0 Å². The SMILES string of the molecule is CCOc1ccc(C(O)=C2C(=O)C(=O)N(c3ccc(Br)cc3)[C@@H]2c2ccc(C(=O)OC)cc2)cc1. The van der Waals surface area contributed by atoms with Crippen LogP contribution in [0.1, 0.15) is 34.5 Å². The van der Waals surface area contributed by atoms with Crippen LogP contribution in [0.15, 0.2) is 82.8 Å². The molecular weight excluding hydrogens is 514 g/mol. The summed E-state index contributed by atoms with van der Waals surface area (Å²) < 4.78 is 11.0. The van der Waals surface area contributed by atoms with Crippen LogP contribution in [0.2, 0.25) is 0 Å². The predicted molar refractivity (Wildman–Crippen MR) is 134 cm³/mol. The summed E-state index contributed by atoms with van der Waals surface area (Å²) in [5, 5.41) is 11.2. The normalized spacial score (nSPS) is 16.9. The van der Waals surface area contributed by atoms with Crippen molar-refractivity contribution in [3.8, 4) is 5.75 Å². The molecule has 4 rings (SSSR count). The molecule has 35 heavy (non-hydrogen) atoms. The van der Waals surface area contributed by atoms with Crippen molar-refractivity contribution in [2.75, 3.05) is 18.6 Å². The molecule has 3 aromatic carbocycles. The highest BCUT2D eigenvalue weighted by atomic mass is 79.9. The number of ether oxygens (including phenoxy) is 2. The number of benzene rings is 3. The molecule has 7 nitrogen and oxygen atoms in total. The first-order valence-corrected chi connectivity index (χ1v) is 11.6. The summed E-state index contributed by atoms with van der Waals surface area (Å²) in [4.78, 5) is 39.7. The van der Waals surface area contributed by atoms with E-state index in [4.69, 9.17) is 9.47 Å². The number of hydrogen-bond donors (Lipinski definition) is 1. The van der Waals surface area contributed by atoms with E-state index in [2.05, 4.69) is 15.9 Å². The van der Waals surface area contributed by atoms with Crippen molar-refractivity contribution in [3.05, 3.63) is 99.5 Å². The number of rotatable bonds is 6. The molecule has 0 unspecified atom stereocenters. The van der Waals surface area contributed by atoms with E-state index in [1.165, 1.54) is 12.0 Å². The summed E-state index contributed by atoms with van der Waals surface area (Å²) in [7, 11) is 1.29. The maximum atomic E-state index is 13.2. The fourth-order valence-electron chi connectivity index (χ4n) is 3.97. The summed E-state index contributed by atoms with van der Waals surface area (Å²) in [5.41, 5.74) is 1.69. The van der Waals surface area contributed by atoms with Crippen molar-refractivity contribution in [1.29, 1.82) is 0 Å². The van der Waals surface area contributed by atoms with Crippen molar-refractivity contribution in [1.82, 2.24) is 0 Å². The summed E-state index contributed by atoms with van der Waals surface area (Å²) >= 11 is 3.38. The first kappa shape index (κ1) is 24.2. The van der Waals surface area contributed by atoms with Crippen LogP contribution < -0.4 is 9.64 Å². The van der Waals surface area contributed by atoms with Gasteiger partial charge in [0, 0.05) is 15.7 Å². The smallest absolute Gasteiger partial charge is 0.337 e. The number of methoxy groups -OCH3 is 1. The fourth-order valence-corrected chi connectivity index (χ4v) is 4.23. The molecule has 1 atom stereocenters. The van der Waals surface area contributed by atoms with Gasteiger partial charge in [-0.1, -0.05) is 28.1 Å². The molecule has 0 spiro atoms. The third-order valence-corrected chi connectivity index (χ3v) is 6.16. The zero-order valence-electron chi connectivity index (χ0n) is 19.0. The van der Waals surface area contributed by atoms with Crippen LogP contribution in [0, 0.1) is 0 Å². The van der Waals surface area contributed by atoms with Crippen molar-refractivity contribution in [2.45, 2.75) is 13.0 Å². The Labute approximate surface area is 210 Å². The number of esters is 1. The van der Waals surface area contributed by atoms with Gasteiger partial charge in [-0.3, -0.25) is 14.5 Å². The van der Waals surface area contributed by atoms with E-state index in [1.807, 2.05) is 6.92 Å². The van der Waals surface area contributed by atoms with Gasteiger partial charge in [0.25, 0.3) is 11.7 Å². The third kappa shape index (κ3) is 4.70. The molecule has 1 aliphatic heterocycles. The maximum absolute atomic E-state index is 13.2. The van der Waals surface area contributed by atoms with Crippen LogP contribution in [0.3, 0.4) is 0 Å². The molecule has 1 fully saturated rings. The molecule has 1 aliphatic rings. The Morgan fingerprint density at radius 2 is 1.54 bits per heavy atom. The molecule has 0 radical (unpaired) electrons. The molecule has 0 saturated carbocycles. The number of Topliss-reactive ketones (excluding diaryl/α,β-unsaturated/α-hetero) is 1. The Morgan fingerprint density at radius 3 is 2.11 bits per heavy atom. The van der Waals surface area contributed by atoms with Crippen LogP contribution in [-0.4, -0.2) is 36.5 Å². The number of carbonyl (C=O) groups excluding carboxylic acids is 3. The van der Waals surface area contributed by atoms with Crippen LogP contribution in [0.25, 0.3) is 5.76 Å².